The number of hydrogen-bond acceptors (Lipinski definition) is 6. The van der Waals surface area contributed by atoms with Crippen LogP contribution in [0.2, 0.25) is 0 Å². The van der Waals surface area contributed by atoms with E-state index in [-0.39, 0.29) is 23.7 Å². The minimum Gasteiger partial charge on any atom is -0.326 e. The van der Waals surface area contributed by atoms with E-state index >= 15 is 0 Å². The number of nitrogens with one attached hydrogen (secondary N) is 1. The number of carbonyl (C=O) groups is 2. The van der Waals surface area contributed by atoms with Gasteiger partial charge in [0, 0.05) is 30.8 Å². The van der Waals surface area contributed by atoms with Gasteiger partial charge in [-0.3, -0.25) is 24.6 Å². The van der Waals surface area contributed by atoms with Gasteiger partial charge in [-0.15, -0.1) is 0 Å². The van der Waals surface area contributed by atoms with Crippen molar-refractivity contribution in [1.29, 1.82) is 0 Å². The predicted molar refractivity (Wildman–Crippen MR) is 132 cm³/mol. The first kappa shape index (κ1) is 26.4. The number of benzene rings is 2. The van der Waals surface area contributed by atoms with Gasteiger partial charge in [-0.1, -0.05) is 48.6 Å². The Labute approximate surface area is 208 Å². The molecule has 1 fully saturated rings. The number of anilines is 1. The second-order valence-electron chi connectivity index (χ2n) is 7.62. The summed E-state index contributed by atoms with van der Waals surface area (Å²) in [6.07, 6.45) is -1.13. The molecular formula is C23H20F3N3O4S2. The van der Waals surface area contributed by atoms with Crippen LogP contribution in [0.25, 0.3) is 6.08 Å². The standard InChI is InChI=1S/C23H20F3N3O4S2/c24-23(25,26)16-7-5-8-17(14-16)27-20(30)10-2-1-3-11-28-21(31)19(35-22(28)34)13-15-6-4-9-18(12-15)29(32)33/h4-9,12-14H,1-3,10-11H2,(H,27,30)/b19-13-. The maximum Gasteiger partial charge on any atom is 0.416 e. The smallest absolute Gasteiger partial charge is 0.326 e. The van der Waals surface area contributed by atoms with Gasteiger partial charge in [0.05, 0.1) is 15.4 Å². The van der Waals surface area contributed by atoms with Crippen molar-refractivity contribution in [1.82, 2.24) is 4.90 Å². The van der Waals surface area contributed by atoms with Gasteiger partial charge >= 0.3 is 6.18 Å². The lowest BCUT2D eigenvalue weighted by Crippen LogP contribution is -2.29. The number of rotatable bonds is 9. The molecule has 0 atom stereocenters. The van der Waals surface area contributed by atoms with Crippen LogP contribution < -0.4 is 5.32 Å². The van der Waals surface area contributed by atoms with Crippen LogP contribution in [0.15, 0.2) is 53.4 Å². The summed E-state index contributed by atoms with van der Waals surface area (Å²) >= 11 is 6.40. The molecule has 184 valence electrons. The number of alkyl halides is 3. The second-order valence-corrected chi connectivity index (χ2v) is 9.30. The molecule has 0 bridgehead atoms. The quantitative estimate of drug-likeness (QED) is 0.142. The van der Waals surface area contributed by atoms with Crippen molar-refractivity contribution in [2.24, 2.45) is 0 Å². The van der Waals surface area contributed by atoms with Gasteiger partial charge in [0.15, 0.2) is 0 Å². The molecule has 2 aromatic carbocycles. The van der Waals surface area contributed by atoms with Crippen LogP contribution in [-0.4, -0.2) is 32.5 Å². The molecule has 35 heavy (non-hydrogen) atoms. The lowest BCUT2D eigenvalue weighted by atomic mass is 10.1. The van der Waals surface area contributed by atoms with E-state index in [1.54, 1.807) is 12.1 Å². The summed E-state index contributed by atoms with van der Waals surface area (Å²) in [5.74, 6) is -0.677. The average molecular weight is 524 g/mol. The van der Waals surface area contributed by atoms with Gasteiger partial charge in [0.1, 0.15) is 4.32 Å². The number of unbranched alkanes of at least 4 members (excludes halogenated alkanes) is 2. The van der Waals surface area contributed by atoms with E-state index in [9.17, 15) is 32.9 Å². The summed E-state index contributed by atoms with van der Waals surface area (Å²) in [7, 11) is 0. The van der Waals surface area contributed by atoms with Crippen LogP contribution in [0, 0.1) is 10.1 Å². The number of nitrogens with zero attached hydrogens (tertiary/aromatic N) is 2. The first-order valence-electron chi connectivity index (χ1n) is 10.5. The van der Waals surface area contributed by atoms with E-state index < -0.39 is 22.6 Å². The van der Waals surface area contributed by atoms with Crippen molar-refractivity contribution >= 4 is 57.6 Å². The molecule has 0 unspecified atom stereocenters. The molecule has 0 spiro atoms. The molecule has 1 aliphatic heterocycles. The zero-order valence-corrected chi connectivity index (χ0v) is 19.8. The summed E-state index contributed by atoms with van der Waals surface area (Å²) < 4.78 is 38.7. The zero-order chi connectivity index (χ0) is 25.6. The molecule has 3 rings (SSSR count). The van der Waals surface area contributed by atoms with E-state index in [0.717, 1.165) is 23.9 Å². The third-order valence-corrected chi connectivity index (χ3v) is 6.39. The first-order valence-corrected chi connectivity index (χ1v) is 11.7. The summed E-state index contributed by atoms with van der Waals surface area (Å²) in [5, 5.41) is 13.4. The highest BCUT2D eigenvalue weighted by atomic mass is 32.2. The highest BCUT2D eigenvalue weighted by Crippen LogP contribution is 2.33. The van der Waals surface area contributed by atoms with Crippen LogP contribution in [0.5, 0.6) is 0 Å². The van der Waals surface area contributed by atoms with Crippen molar-refractivity contribution in [3.8, 4) is 0 Å². The van der Waals surface area contributed by atoms with Crippen molar-refractivity contribution < 1.29 is 27.7 Å². The minimum atomic E-state index is -4.49. The molecule has 2 amide bonds. The maximum absolute atomic E-state index is 12.8. The fourth-order valence-corrected chi connectivity index (χ4v) is 4.61. The number of carbonyl (C=O) groups excluding carboxylic acids is 2. The van der Waals surface area contributed by atoms with Crippen LogP contribution >= 0.6 is 24.0 Å². The van der Waals surface area contributed by atoms with Gasteiger partial charge in [-0.25, -0.2) is 0 Å². The lowest BCUT2D eigenvalue weighted by Gasteiger charge is -2.14. The Bertz CT molecular complexity index is 1180. The van der Waals surface area contributed by atoms with Crippen molar-refractivity contribution in [2.75, 3.05) is 11.9 Å². The third-order valence-electron chi connectivity index (χ3n) is 5.01. The Morgan fingerprint density at radius 3 is 2.60 bits per heavy atom. The lowest BCUT2D eigenvalue weighted by molar-refractivity contribution is -0.384. The Morgan fingerprint density at radius 2 is 1.89 bits per heavy atom. The number of non-ortho nitro benzene ring substituents is 1. The zero-order valence-electron chi connectivity index (χ0n) is 18.2. The van der Waals surface area contributed by atoms with Gasteiger partial charge in [-0.2, -0.15) is 13.2 Å². The van der Waals surface area contributed by atoms with Crippen molar-refractivity contribution in [3.63, 3.8) is 0 Å². The Morgan fingerprint density at radius 1 is 1.14 bits per heavy atom. The molecule has 7 nitrogen and oxygen atoms in total. The largest absolute Gasteiger partial charge is 0.416 e. The number of thiocarbonyl (C=S) groups is 1. The second kappa shape index (κ2) is 11.5. The molecule has 1 aliphatic rings. The first-order chi connectivity index (χ1) is 16.5. The van der Waals surface area contributed by atoms with Crippen molar-refractivity contribution in [3.05, 3.63) is 74.7 Å². The number of amides is 2. The van der Waals surface area contributed by atoms with Gasteiger partial charge in [0.2, 0.25) is 5.91 Å². The third kappa shape index (κ3) is 7.36. The molecule has 1 saturated heterocycles. The molecule has 0 aromatic heterocycles. The fourth-order valence-electron chi connectivity index (χ4n) is 3.30. The molecule has 1 heterocycles. The average Bonchev–Trinajstić information content (AvgIpc) is 3.05. The minimum absolute atomic E-state index is 0.0775. The predicted octanol–water partition coefficient (Wildman–Crippen LogP) is 6.01. The topological polar surface area (TPSA) is 92.5 Å². The van der Waals surface area contributed by atoms with Crippen LogP contribution in [-0.2, 0) is 15.8 Å². The van der Waals surface area contributed by atoms with Crippen LogP contribution in [0.4, 0.5) is 24.5 Å². The Kier molecular flexibility index (Phi) is 8.62. The monoisotopic (exact) mass is 523 g/mol. The summed E-state index contributed by atoms with van der Waals surface area (Å²) in [5.41, 5.74) is -0.311. The molecule has 12 heteroatoms. The number of halogens is 3. The van der Waals surface area contributed by atoms with Crippen molar-refractivity contribution in [2.45, 2.75) is 31.9 Å². The molecular weight excluding hydrogens is 503 g/mol. The summed E-state index contributed by atoms with van der Waals surface area (Å²) in [6.45, 7) is 0.353. The molecule has 0 radical (unpaired) electrons. The van der Waals surface area contributed by atoms with Crippen LogP contribution in [0.3, 0.4) is 0 Å². The number of thioether (sulfide) groups is 1. The van der Waals surface area contributed by atoms with Gasteiger partial charge < -0.3 is 5.32 Å². The molecule has 0 saturated carbocycles. The van der Waals surface area contributed by atoms with E-state index in [4.69, 9.17) is 12.2 Å². The fraction of sp³-hybridized carbons (Fsp3) is 0.261. The number of nitro groups is 1. The van der Waals surface area contributed by atoms with Crippen LogP contribution in [0.1, 0.15) is 36.8 Å². The van der Waals surface area contributed by atoms with E-state index in [2.05, 4.69) is 5.32 Å². The summed E-state index contributed by atoms with van der Waals surface area (Å²) in [4.78, 5) is 37.0. The molecule has 0 aliphatic carbocycles. The highest BCUT2D eigenvalue weighted by Gasteiger charge is 2.32. The highest BCUT2D eigenvalue weighted by molar-refractivity contribution is 8.26. The van der Waals surface area contributed by atoms with E-state index in [1.807, 2.05) is 0 Å². The van der Waals surface area contributed by atoms with E-state index in [1.165, 1.54) is 35.2 Å². The number of nitro benzene ring substituents is 1. The maximum atomic E-state index is 12.8. The summed E-state index contributed by atoms with van der Waals surface area (Å²) in [6, 6.07) is 10.4. The normalized spacial score (nSPS) is 15.1. The number of hydrogen-bond donors (Lipinski definition) is 1. The Balaban J connectivity index is 1.45. The van der Waals surface area contributed by atoms with Gasteiger partial charge in [-0.05, 0) is 42.7 Å². The molecule has 2 aromatic rings. The SMILES string of the molecule is O=C(CCCCCN1C(=O)/C(=C/c2cccc([N+](=O)[O-])c2)SC1=S)Nc1cccc(C(F)(F)F)c1. The van der Waals surface area contributed by atoms with Gasteiger partial charge in [0.25, 0.3) is 11.6 Å². The molecule has 1 N–H and O–H groups in total. The Hall–Kier alpha value is -3.25. The van der Waals surface area contributed by atoms with E-state index in [0.29, 0.717) is 40.6 Å².